The molecular formula is C17H26ClFN4O2. The van der Waals surface area contributed by atoms with E-state index in [1.807, 2.05) is 0 Å². The molecule has 1 aromatic rings. The molecule has 2 rings (SSSR count). The Hall–Kier alpha value is -1.70. The minimum atomic E-state index is -0.277. The van der Waals surface area contributed by atoms with Crippen molar-refractivity contribution in [2.75, 3.05) is 46.3 Å². The van der Waals surface area contributed by atoms with Crippen LogP contribution in [0.3, 0.4) is 0 Å². The number of amides is 2. The van der Waals surface area contributed by atoms with E-state index in [9.17, 15) is 14.0 Å². The maximum absolute atomic E-state index is 13.5. The Balaban J connectivity index is 0.00000312. The van der Waals surface area contributed by atoms with Gasteiger partial charge < -0.3 is 15.5 Å². The van der Waals surface area contributed by atoms with Crippen LogP contribution in [0.25, 0.3) is 0 Å². The second-order valence-corrected chi connectivity index (χ2v) is 6.16. The lowest BCUT2D eigenvalue weighted by atomic mass is 10.1. The molecule has 0 saturated carbocycles. The highest BCUT2D eigenvalue weighted by Crippen LogP contribution is 2.08. The SMILES string of the molecule is Cc1ccc(CNC(=O)CN(C)CC(=O)N2CCNCC2)cc1F.Cl. The lowest BCUT2D eigenvalue weighted by Crippen LogP contribution is -2.50. The summed E-state index contributed by atoms with van der Waals surface area (Å²) in [5, 5.41) is 5.94. The average molecular weight is 373 g/mol. The van der Waals surface area contributed by atoms with Crippen LogP contribution in [-0.2, 0) is 16.1 Å². The van der Waals surface area contributed by atoms with Crippen LogP contribution in [0, 0.1) is 12.7 Å². The van der Waals surface area contributed by atoms with Gasteiger partial charge in [-0.05, 0) is 31.2 Å². The number of aryl methyl sites for hydroxylation is 1. The summed E-state index contributed by atoms with van der Waals surface area (Å²) < 4.78 is 13.5. The number of rotatable bonds is 6. The summed E-state index contributed by atoms with van der Waals surface area (Å²) in [4.78, 5) is 27.6. The second kappa shape index (κ2) is 10.3. The van der Waals surface area contributed by atoms with Gasteiger partial charge in [0.25, 0.3) is 0 Å². The Morgan fingerprint density at radius 3 is 2.60 bits per heavy atom. The van der Waals surface area contributed by atoms with Gasteiger partial charge in [-0.25, -0.2) is 4.39 Å². The number of piperazine rings is 1. The number of nitrogens with zero attached hydrogens (tertiary/aromatic N) is 2. The van der Waals surface area contributed by atoms with Crippen LogP contribution in [0.15, 0.2) is 18.2 Å². The summed E-state index contributed by atoms with van der Waals surface area (Å²) in [6.45, 7) is 5.35. The number of nitrogens with one attached hydrogen (secondary N) is 2. The third-order valence-electron chi connectivity index (χ3n) is 4.01. The van der Waals surface area contributed by atoms with Crippen molar-refractivity contribution in [1.29, 1.82) is 0 Å². The highest BCUT2D eigenvalue weighted by atomic mass is 35.5. The molecule has 1 fully saturated rings. The third-order valence-corrected chi connectivity index (χ3v) is 4.01. The van der Waals surface area contributed by atoms with Gasteiger partial charge in [0.05, 0.1) is 13.1 Å². The third kappa shape index (κ3) is 6.97. The van der Waals surface area contributed by atoms with E-state index in [2.05, 4.69) is 10.6 Å². The number of hydrogen-bond acceptors (Lipinski definition) is 4. The van der Waals surface area contributed by atoms with E-state index in [4.69, 9.17) is 0 Å². The molecular weight excluding hydrogens is 347 g/mol. The monoisotopic (exact) mass is 372 g/mol. The summed E-state index contributed by atoms with van der Waals surface area (Å²) in [7, 11) is 1.74. The van der Waals surface area contributed by atoms with Crippen LogP contribution in [0.4, 0.5) is 4.39 Å². The molecule has 1 aliphatic rings. The summed E-state index contributed by atoms with van der Waals surface area (Å²) in [6.07, 6.45) is 0. The highest BCUT2D eigenvalue weighted by molar-refractivity contribution is 5.85. The van der Waals surface area contributed by atoms with E-state index in [0.29, 0.717) is 24.2 Å². The molecule has 8 heteroatoms. The molecule has 0 bridgehead atoms. The molecule has 2 N–H and O–H groups in total. The van der Waals surface area contributed by atoms with Crippen LogP contribution < -0.4 is 10.6 Å². The number of likely N-dealkylation sites (N-methyl/N-ethyl adjacent to an activating group) is 1. The zero-order valence-electron chi connectivity index (χ0n) is 14.7. The van der Waals surface area contributed by atoms with E-state index >= 15 is 0 Å². The standard InChI is InChI=1S/C17H25FN4O2.ClH/c1-13-3-4-14(9-15(13)18)10-20-16(23)11-21(2)12-17(24)22-7-5-19-6-8-22;/h3-4,9,19H,5-8,10-12H2,1-2H3,(H,20,23);1H. The van der Waals surface area contributed by atoms with E-state index < -0.39 is 0 Å². The molecule has 140 valence electrons. The Morgan fingerprint density at radius 1 is 1.28 bits per heavy atom. The van der Waals surface area contributed by atoms with Crippen LogP contribution in [0.2, 0.25) is 0 Å². The van der Waals surface area contributed by atoms with E-state index in [1.165, 1.54) is 6.07 Å². The Morgan fingerprint density at radius 2 is 1.96 bits per heavy atom. The molecule has 1 heterocycles. The predicted octanol–water partition coefficient (Wildman–Crippen LogP) is 0.536. The topological polar surface area (TPSA) is 64.7 Å². The molecule has 0 radical (unpaired) electrons. The molecule has 0 atom stereocenters. The fourth-order valence-electron chi connectivity index (χ4n) is 2.55. The quantitative estimate of drug-likeness (QED) is 0.765. The molecule has 0 aromatic heterocycles. The summed E-state index contributed by atoms with van der Waals surface area (Å²) in [5.41, 5.74) is 1.29. The predicted molar refractivity (Wildman–Crippen MR) is 97.2 cm³/mol. The van der Waals surface area contributed by atoms with Crippen LogP contribution in [0.5, 0.6) is 0 Å². The summed E-state index contributed by atoms with van der Waals surface area (Å²) >= 11 is 0. The van der Waals surface area contributed by atoms with Crippen molar-refractivity contribution < 1.29 is 14.0 Å². The largest absolute Gasteiger partial charge is 0.351 e. The van der Waals surface area contributed by atoms with Gasteiger partial charge in [-0.2, -0.15) is 0 Å². The zero-order chi connectivity index (χ0) is 17.5. The maximum Gasteiger partial charge on any atom is 0.236 e. The van der Waals surface area contributed by atoms with Gasteiger partial charge in [0, 0.05) is 32.7 Å². The van der Waals surface area contributed by atoms with Crippen LogP contribution in [-0.4, -0.2) is 67.9 Å². The molecule has 1 aromatic carbocycles. The lowest BCUT2D eigenvalue weighted by molar-refractivity contribution is -0.133. The molecule has 6 nitrogen and oxygen atoms in total. The first kappa shape index (κ1) is 21.3. The van der Waals surface area contributed by atoms with E-state index in [1.54, 1.807) is 35.9 Å². The normalized spacial score (nSPS) is 14.2. The molecule has 25 heavy (non-hydrogen) atoms. The van der Waals surface area contributed by atoms with Crippen molar-refractivity contribution in [3.8, 4) is 0 Å². The van der Waals surface area contributed by atoms with Gasteiger partial charge in [0.1, 0.15) is 5.82 Å². The molecule has 0 spiro atoms. The first-order chi connectivity index (χ1) is 11.5. The van der Waals surface area contributed by atoms with Crippen molar-refractivity contribution in [2.45, 2.75) is 13.5 Å². The van der Waals surface area contributed by atoms with E-state index in [-0.39, 0.29) is 49.7 Å². The van der Waals surface area contributed by atoms with Gasteiger partial charge in [-0.15, -0.1) is 12.4 Å². The first-order valence-corrected chi connectivity index (χ1v) is 8.14. The van der Waals surface area contributed by atoms with Gasteiger partial charge in [-0.1, -0.05) is 12.1 Å². The van der Waals surface area contributed by atoms with E-state index in [0.717, 1.165) is 13.1 Å². The minimum Gasteiger partial charge on any atom is -0.351 e. The molecule has 1 saturated heterocycles. The first-order valence-electron chi connectivity index (χ1n) is 8.14. The smallest absolute Gasteiger partial charge is 0.236 e. The summed E-state index contributed by atoms with van der Waals surface area (Å²) in [6, 6.07) is 4.90. The van der Waals surface area contributed by atoms with Gasteiger partial charge in [0.15, 0.2) is 0 Å². The number of hydrogen-bond donors (Lipinski definition) is 2. The van der Waals surface area contributed by atoms with Crippen molar-refractivity contribution in [2.24, 2.45) is 0 Å². The highest BCUT2D eigenvalue weighted by Gasteiger charge is 2.18. The summed E-state index contributed by atoms with van der Waals surface area (Å²) in [5.74, 6) is -0.431. The van der Waals surface area contributed by atoms with Crippen LogP contribution >= 0.6 is 12.4 Å². The van der Waals surface area contributed by atoms with Crippen molar-refractivity contribution in [3.63, 3.8) is 0 Å². The Kier molecular flexibility index (Phi) is 8.82. The number of halogens is 2. The van der Waals surface area contributed by atoms with Gasteiger partial charge in [-0.3, -0.25) is 14.5 Å². The molecule has 1 aliphatic heterocycles. The maximum atomic E-state index is 13.5. The molecule has 0 unspecified atom stereocenters. The minimum absolute atomic E-state index is 0. The zero-order valence-corrected chi connectivity index (χ0v) is 15.5. The Bertz CT molecular complexity index is 594. The number of benzene rings is 1. The van der Waals surface area contributed by atoms with Crippen molar-refractivity contribution in [1.82, 2.24) is 20.4 Å². The average Bonchev–Trinajstić information content (AvgIpc) is 2.56. The Labute approximate surface area is 154 Å². The number of carbonyl (C=O) groups is 2. The van der Waals surface area contributed by atoms with Crippen LogP contribution in [0.1, 0.15) is 11.1 Å². The van der Waals surface area contributed by atoms with Crippen molar-refractivity contribution >= 4 is 24.2 Å². The van der Waals surface area contributed by atoms with Crippen molar-refractivity contribution in [3.05, 3.63) is 35.1 Å². The number of carbonyl (C=O) groups excluding carboxylic acids is 2. The fraction of sp³-hybridized carbons (Fsp3) is 0.529. The lowest BCUT2D eigenvalue weighted by Gasteiger charge is -2.29. The van der Waals surface area contributed by atoms with Gasteiger partial charge >= 0.3 is 0 Å². The second-order valence-electron chi connectivity index (χ2n) is 6.16. The molecule has 2 amide bonds. The van der Waals surface area contributed by atoms with Gasteiger partial charge in [0.2, 0.25) is 11.8 Å². The fourth-order valence-corrected chi connectivity index (χ4v) is 2.55. The molecule has 0 aliphatic carbocycles.